The van der Waals surface area contributed by atoms with E-state index in [-0.39, 0.29) is 17.0 Å². The SMILES string of the molecule is O=C(c1ccncc1)c1cc(I)ccc1[N+](=O)[O-]. The highest BCUT2D eigenvalue weighted by molar-refractivity contribution is 14.1. The summed E-state index contributed by atoms with van der Waals surface area (Å²) in [6.07, 6.45) is 2.96. The van der Waals surface area contributed by atoms with Crippen LogP contribution in [0.4, 0.5) is 5.69 Å². The lowest BCUT2D eigenvalue weighted by molar-refractivity contribution is -0.385. The highest BCUT2D eigenvalue weighted by Crippen LogP contribution is 2.23. The van der Waals surface area contributed by atoms with Gasteiger partial charge in [0.2, 0.25) is 0 Å². The van der Waals surface area contributed by atoms with E-state index in [0.717, 1.165) is 3.57 Å². The van der Waals surface area contributed by atoms with E-state index < -0.39 is 4.92 Å². The summed E-state index contributed by atoms with van der Waals surface area (Å²) in [5.41, 5.74) is 0.297. The molecule has 1 aromatic carbocycles. The van der Waals surface area contributed by atoms with E-state index in [9.17, 15) is 14.9 Å². The summed E-state index contributed by atoms with van der Waals surface area (Å²) in [5.74, 6) is -0.373. The lowest BCUT2D eigenvalue weighted by Crippen LogP contribution is -2.06. The minimum absolute atomic E-state index is 0.0955. The first-order valence-corrected chi connectivity index (χ1v) is 6.06. The molecule has 0 aliphatic rings. The molecule has 1 aromatic heterocycles. The van der Waals surface area contributed by atoms with Gasteiger partial charge in [-0.1, -0.05) is 0 Å². The van der Waals surface area contributed by atoms with Crippen LogP contribution >= 0.6 is 22.6 Å². The molecule has 0 radical (unpaired) electrons. The maximum absolute atomic E-state index is 12.2. The second-order valence-corrected chi connectivity index (χ2v) is 4.73. The molecule has 1 heterocycles. The molecule has 2 rings (SSSR count). The number of nitrogens with zero attached hydrogens (tertiary/aromatic N) is 2. The summed E-state index contributed by atoms with van der Waals surface area (Å²) < 4.78 is 0.774. The van der Waals surface area contributed by atoms with Crippen molar-refractivity contribution in [2.45, 2.75) is 0 Å². The Kier molecular flexibility index (Phi) is 3.66. The Hall–Kier alpha value is -1.83. The van der Waals surface area contributed by atoms with Crippen molar-refractivity contribution < 1.29 is 9.72 Å². The van der Waals surface area contributed by atoms with Crippen molar-refractivity contribution in [3.8, 4) is 0 Å². The fraction of sp³-hybridized carbons (Fsp3) is 0. The fourth-order valence-corrected chi connectivity index (χ4v) is 2.00. The van der Waals surface area contributed by atoms with E-state index in [1.165, 1.54) is 36.7 Å². The smallest absolute Gasteiger partial charge is 0.280 e. The van der Waals surface area contributed by atoms with Gasteiger partial charge in [0.25, 0.3) is 5.69 Å². The lowest BCUT2D eigenvalue weighted by Gasteiger charge is -2.03. The van der Waals surface area contributed by atoms with Gasteiger partial charge in [0, 0.05) is 27.6 Å². The van der Waals surface area contributed by atoms with E-state index in [4.69, 9.17) is 0 Å². The van der Waals surface area contributed by atoms with E-state index in [2.05, 4.69) is 4.98 Å². The summed E-state index contributed by atoms with van der Waals surface area (Å²) in [5, 5.41) is 10.9. The Morgan fingerprint density at radius 1 is 1.22 bits per heavy atom. The van der Waals surface area contributed by atoms with Crippen LogP contribution in [0, 0.1) is 13.7 Å². The van der Waals surface area contributed by atoms with Gasteiger partial charge in [0.15, 0.2) is 5.78 Å². The van der Waals surface area contributed by atoms with E-state index in [1.807, 2.05) is 22.6 Å². The maximum Gasteiger partial charge on any atom is 0.280 e. The highest BCUT2D eigenvalue weighted by Gasteiger charge is 2.21. The summed E-state index contributed by atoms with van der Waals surface area (Å²) >= 11 is 2.01. The molecule has 0 atom stereocenters. The van der Waals surface area contributed by atoms with E-state index in [1.54, 1.807) is 6.07 Å². The average Bonchev–Trinajstić information content (AvgIpc) is 2.38. The minimum Gasteiger partial charge on any atom is -0.288 e. The first kappa shape index (κ1) is 12.6. The summed E-state index contributed by atoms with van der Waals surface area (Å²) in [7, 11) is 0. The van der Waals surface area contributed by atoms with Gasteiger partial charge in [0.05, 0.1) is 4.92 Å². The first-order valence-electron chi connectivity index (χ1n) is 4.98. The zero-order chi connectivity index (χ0) is 13.1. The van der Waals surface area contributed by atoms with Crippen LogP contribution in [0.3, 0.4) is 0 Å². The van der Waals surface area contributed by atoms with Crippen LogP contribution in [0.2, 0.25) is 0 Å². The predicted octanol–water partition coefficient (Wildman–Crippen LogP) is 2.83. The molecule has 0 saturated heterocycles. The second-order valence-electron chi connectivity index (χ2n) is 3.48. The monoisotopic (exact) mass is 354 g/mol. The standard InChI is InChI=1S/C12H7IN2O3/c13-9-1-2-11(15(17)18)10(7-9)12(16)8-3-5-14-6-4-8/h1-7H. The number of ketones is 1. The molecule has 5 nitrogen and oxygen atoms in total. The largest absolute Gasteiger partial charge is 0.288 e. The molecular weight excluding hydrogens is 347 g/mol. The van der Waals surface area contributed by atoms with Gasteiger partial charge in [-0.3, -0.25) is 19.9 Å². The Balaban J connectivity index is 2.54. The quantitative estimate of drug-likeness (QED) is 0.368. The predicted molar refractivity (Wildman–Crippen MR) is 73.5 cm³/mol. The van der Waals surface area contributed by atoms with Crippen LogP contribution < -0.4 is 0 Å². The average molecular weight is 354 g/mol. The van der Waals surface area contributed by atoms with Crippen molar-refractivity contribution in [2.24, 2.45) is 0 Å². The second kappa shape index (κ2) is 5.21. The number of pyridine rings is 1. The number of benzene rings is 1. The number of halogens is 1. The van der Waals surface area contributed by atoms with Crippen LogP contribution in [0.1, 0.15) is 15.9 Å². The molecule has 0 amide bonds. The molecule has 18 heavy (non-hydrogen) atoms. The van der Waals surface area contributed by atoms with E-state index in [0.29, 0.717) is 5.56 Å². The molecule has 0 aliphatic heterocycles. The number of carbonyl (C=O) groups excluding carboxylic acids is 1. The fourth-order valence-electron chi connectivity index (χ4n) is 1.51. The number of nitro benzene ring substituents is 1. The molecule has 0 spiro atoms. The normalized spacial score (nSPS) is 10.1. The lowest BCUT2D eigenvalue weighted by atomic mass is 10.0. The van der Waals surface area contributed by atoms with Crippen molar-refractivity contribution in [2.75, 3.05) is 0 Å². The van der Waals surface area contributed by atoms with Crippen LogP contribution in [-0.2, 0) is 0 Å². The molecule has 0 aliphatic carbocycles. The molecule has 0 N–H and O–H groups in total. The molecular formula is C12H7IN2O3. The Bertz CT molecular complexity index is 614. The van der Waals surface area contributed by atoms with Crippen molar-refractivity contribution in [1.82, 2.24) is 4.98 Å². The van der Waals surface area contributed by atoms with Gasteiger partial charge in [0.1, 0.15) is 5.56 Å². The van der Waals surface area contributed by atoms with Gasteiger partial charge in [-0.05, 0) is 46.9 Å². The molecule has 2 aromatic rings. The topological polar surface area (TPSA) is 73.1 Å². The number of aromatic nitrogens is 1. The van der Waals surface area contributed by atoms with Gasteiger partial charge >= 0.3 is 0 Å². The van der Waals surface area contributed by atoms with Gasteiger partial charge in [-0.25, -0.2) is 0 Å². The molecule has 90 valence electrons. The van der Waals surface area contributed by atoms with Crippen molar-refractivity contribution in [3.05, 3.63) is 67.5 Å². The number of nitro groups is 1. The molecule has 0 fully saturated rings. The zero-order valence-electron chi connectivity index (χ0n) is 9.04. The van der Waals surface area contributed by atoms with Crippen LogP contribution in [0.5, 0.6) is 0 Å². The molecule has 6 heteroatoms. The van der Waals surface area contributed by atoms with Gasteiger partial charge in [-0.15, -0.1) is 0 Å². The van der Waals surface area contributed by atoms with E-state index >= 15 is 0 Å². The van der Waals surface area contributed by atoms with Gasteiger partial charge in [-0.2, -0.15) is 0 Å². The number of hydrogen-bond acceptors (Lipinski definition) is 4. The Morgan fingerprint density at radius 3 is 2.50 bits per heavy atom. The Morgan fingerprint density at radius 2 is 1.89 bits per heavy atom. The van der Waals surface area contributed by atoms with Crippen LogP contribution in [0.25, 0.3) is 0 Å². The third-order valence-corrected chi connectivity index (χ3v) is 3.01. The highest BCUT2D eigenvalue weighted by atomic mass is 127. The zero-order valence-corrected chi connectivity index (χ0v) is 11.2. The Labute approximate surface area is 116 Å². The summed E-state index contributed by atoms with van der Waals surface area (Å²) in [6.45, 7) is 0. The third kappa shape index (κ3) is 2.53. The summed E-state index contributed by atoms with van der Waals surface area (Å²) in [6, 6.07) is 7.53. The molecule has 0 unspecified atom stereocenters. The van der Waals surface area contributed by atoms with Crippen LogP contribution in [0.15, 0.2) is 42.7 Å². The van der Waals surface area contributed by atoms with Gasteiger partial charge < -0.3 is 0 Å². The molecule has 0 bridgehead atoms. The van der Waals surface area contributed by atoms with Crippen molar-refractivity contribution in [1.29, 1.82) is 0 Å². The number of hydrogen-bond donors (Lipinski definition) is 0. The maximum atomic E-state index is 12.2. The van der Waals surface area contributed by atoms with Crippen LogP contribution in [-0.4, -0.2) is 15.7 Å². The summed E-state index contributed by atoms with van der Waals surface area (Å²) in [4.78, 5) is 26.4. The number of carbonyl (C=O) groups is 1. The van der Waals surface area contributed by atoms with Crippen molar-refractivity contribution in [3.63, 3.8) is 0 Å². The number of rotatable bonds is 3. The first-order chi connectivity index (χ1) is 8.59. The third-order valence-electron chi connectivity index (χ3n) is 2.34. The molecule has 0 saturated carbocycles. The van der Waals surface area contributed by atoms with Crippen molar-refractivity contribution >= 4 is 34.1 Å². The minimum atomic E-state index is -0.551.